The number of nitrogens with zero attached hydrogens (tertiary/aromatic N) is 2. The second-order valence-corrected chi connectivity index (χ2v) is 7.50. The molecule has 124 valence electrons. The lowest BCUT2D eigenvalue weighted by molar-refractivity contribution is 0.0469. The number of esters is 1. The molecule has 24 heavy (non-hydrogen) atoms. The molecule has 0 aliphatic carbocycles. The van der Waals surface area contributed by atoms with E-state index in [2.05, 4.69) is 30.6 Å². The van der Waals surface area contributed by atoms with E-state index in [0.717, 1.165) is 20.7 Å². The summed E-state index contributed by atoms with van der Waals surface area (Å²) in [6.07, 6.45) is 0. The van der Waals surface area contributed by atoms with Gasteiger partial charge in [0.25, 0.3) is 0 Å². The van der Waals surface area contributed by atoms with Crippen LogP contribution in [0, 0.1) is 6.92 Å². The summed E-state index contributed by atoms with van der Waals surface area (Å²) in [6.45, 7) is 1.93. The molecule has 2 aromatic heterocycles. The van der Waals surface area contributed by atoms with E-state index in [4.69, 9.17) is 4.74 Å². The molecule has 0 saturated heterocycles. The van der Waals surface area contributed by atoms with Gasteiger partial charge in [-0.1, -0.05) is 28.1 Å². The predicted molar refractivity (Wildman–Crippen MR) is 101 cm³/mol. The first kappa shape index (κ1) is 17.1. The minimum absolute atomic E-state index is 0.141. The number of nitrogens with one attached hydrogen (secondary N) is 1. The van der Waals surface area contributed by atoms with Crippen molar-refractivity contribution in [1.82, 2.24) is 9.36 Å². The highest BCUT2D eigenvalue weighted by atomic mass is 79.9. The molecule has 0 amide bonds. The van der Waals surface area contributed by atoms with E-state index in [-0.39, 0.29) is 12.6 Å². The monoisotopic (exact) mass is 423 g/mol. The lowest BCUT2D eigenvalue weighted by Crippen LogP contribution is -2.08. The number of anilines is 1. The summed E-state index contributed by atoms with van der Waals surface area (Å²) in [5, 5.41) is 6.48. The summed E-state index contributed by atoms with van der Waals surface area (Å²) in [5.74, 6) is -0.386. The summed E-state index contributed by atoms with van der Waals surface area (Å²) < 4.78 is 10.6. The van der Waals surface area contributed by atoms with E-state index in [1.807, 2.05) is 29.6 Å². The maximum atomic E-state index is 12.3. The number of aromatic nitrogens is 2. The Labute approximate surface area is 156 Å². The average molecular weight is 424 g/mol. The third-order valence-corrected chi connectivity index (χ3v) is 5.66. The third kappa shape index (κ3) is 3.66. The molecule has 3 rings (SSSR count). The molecule has 0 radical (unpaired) electrons. The maximum absolute atomic E-state index is 12.3. The molecule has 0 atom stereocenters. The second kappa shape index (κ2) is 7.42. The van der Waals surface area contributed by atoms with Crippen molar-refractivity contribution >= 4 is 49.8 Å². The van der Waals surface area contributed by atoms with Gasteiger partial charge < -0.3 is 10.1 Å². The summed E-state index contributed by atoms with van der Waals surface area (Å²) in [4.78, 5) is 16.8. The van der Waals surface area contributed by atoms with E-state index in [1.54, 1.807) is 14.0 Å². The molecular weight excluding hydrogens is 410 g/mol. The molecule has 0 saturated carbocycles. The van der Waals surface area contributed by atoms with Gasteiger partial charge in [-0.25, -0.2) is 9.78 Å². The molecule has 5 nitrogen and oxygen atoms in total. The molecule has 1 N–H and O–H groups in total. The van der Waals surface area contributed by atoms with Gasteiger partial charge >= 0.3 is 5.97 Å². The number of carbonyl (C=O) groups excluding carboxylic acids is 1. The van der Waals surface area contributed by atoms with Gasteiger partial charge in [0.1, 0.15) is 22.2 Å². The first-order valence-electron chi connectivity index (χ1n) is 7.10. The Morgan fingerprint density at radius 3 is 3.00 bits per heavy atom. The Morgan fingerprint density at radius 2 is 2.25 bits per heavy atom. The van der Waals surface area contributed by atoms with E-state index < -0.39 is 0 Å². The highest BCUT2D eigenvalue weighted by Crippen LogP contribution is 2.27. The number of thiazole rings is 1. The van der Waals surface area contributed by atoms with Crippen LogP contribution in [0.2, 0.25) is 0 Å². The van der Waals surface area contributed by atoms with Gasteiger partial charge in [-0.2, -0.15) is 4.37 Å². The molecule has 0 bridgehead atoms. The summed E-state index contributed by atoms with van der Waals surface area (Å²) in [6, 6.07) is 7.94. The van der Waals surface area contributed by atoms with E-state index >= 15 is 0 Å². The highest BCUT2D eigenvalue weighted by molar-refractivity contribution is 9.10. The number of aryl methyl sites for hydroxylation is 1. The van der Waals surface area contributed by atoms with Gasteiger partial charge in [0.2, 0.25) is 0 Å². The number of rotatable bonds is 5. The first-order valence-corrected chi connectivity index (χ1v) is 9.54. The number of ether oxygens (including phenoxy) is 1. The first-order chi connectivity index (χ1) is 11.6. The number of carbonyl (C=O) groups is 1. The molecule has 0 unspecified atom stereocenters. The molecule has 1 aromatic carbocycles. The van der Waals surface area contributed by atoms with Crippen LogP contribution in [0.1, 0.15) is 21.7 Å². The Hall–Kier alpha value is -1.77. The van der Waals surface area contributed by atoms with Crippen molar-refractivity contribution < 1.29 is 9.53 Å². The molecule has 0 aliphatic rings. The standard InChI is InChI=1S/C16H14BrN3O2S2/c1-9-13(15(18-2)24-20-9)16(21)22-7-12-8-23-14(19-12)10-4-3-5-11(17)6-10/h3-6,8,18H,7H2,1-2H3. The van der Waals surface area contributed by atoms with Crippen LogP contribution in [0.25, 0.3) is 10.6 Å². The SMILES string of the molecule is CNc1snc(C)c1C(=O)OCc1csc(-c2cccc(Br)c2)n1. The number of hydrogen-bond acceptors (Lipinski definition) is 7. The zero-order chi connectivity index (χ0) is 17.1. The Bertz CT molecular complexity index is 876. The Balaban J connectivity index is 1.69. The normalized spacial score (nSPS) is 10.6. The number of benzene rings is 1. The van der Waals surface area contributed by atoms with Crippen LogP contribution in [0.15, 0.2) is 34.1 Å². The van der Waals surface area contributed by atoms with Crippen molar-refractivity contribution in [3.05, 3.63) is 51.1 Å². The predicted octanol–water partition coefficient (Wildman–Crippen LogP) is 4.74. The minimum atomic E-state index is -0.386. The van der Waals surface area contributed by atoms with Crippen LogP contribution in [-0.4, -0.2) is 22.4 Å². The molecule has 3 aromatic rings. The van der Waals surface area contributed by atoms with Crippen molar-refractivity contribution in [3.8, 4) is 10.6 Å². The Kier molecular flexibility index (Phi) is 5.27. The largest absolute Gasteiger partial charge is 0.455 e. The fraction of sp³-hybridized carbons (Fsp3) is 0.188. The van der Waals surface area contributed by atoms with Gasteiger partial charge in [0, 0.05) is 22.5 Å². The van der Waals surface area contributed by atoms with Gasteiger partial charge in [-0.05, 0) is 30.6 Å². The second-order valence-electron chi connectivity index (χ2n) is 4.95. The molecular formula is C16H14BrN3O2S2. The van der Waals surface area contributed by atoms with E-state index in [1.165, 1.54) is 22.9 Å². The van der Waals surface area contributed by atoms with Crippen LogP contribution >= 0.6 is 38.8 Å². The lowest BCUT2D eigenvalue weighted by Gasteiger charge is -2.04. The molecule has 0 aliphatic heterocycles. The number of halogens is 1. The quantitative estimate of drug-likeness (QED) is 0.600. The maximum Gasteiger partial charge on any atom is 0.343 e. The molecule has 2 heterocycles. The third-order valence-electron chi connectivity index (χ3n) is 3.27. The highest BCUT2D eigenvalue weighted by Gasteiger charge is 2.19. The van der Waals surface area contributed by atoms with Crippen molar-refractivity contribution in [3.63, 3.8) is 0 Å². The van der Waals surface area contributed by atoms with E-state index in [9.17, 15) is 4.79 Å². The van der Waals surface area contributed by atoms with Crippen molar-refractivity contribution in [2.24, 2.45) is 0 Å². The van der Waals surface area contributed by atoms with Crippen LogP contribution in [0.5, 0.6) is 0 Å². The van der Waals surface area contributed by atoms with Crippen LogP contribution < -0.4 is 5.32 Å². The number of hydrogen-bond donors (Lipinski definition) is 1. The van der Waals surface area contributed by atoms with Crippen molar-refractivity contribution in [2.75, 3.05) is 12.4 Å². The van der Waals surface area contributed by atoms with Gasteiger partial charge in [-0.3, -0.25) is 0 Å². The lowest BCUT2D eigenvalue weighted by atomic mass is 10.2. The smallest absolute Gasteiger partial charge is 0.343 e. The Morgan fingerprint density at radius 1 is 1.42 bits per heavy atom. The van der Waals surface area contributed by atoms with Crippen LogP contribution in [0.4, 0.5) is 5.00 Å². The van der Waals surface area contributed by atoms with Crippen LogP contribution in [-0.2, 0) is 11.3 Å². The van der Waals surface area contributed by atoms with E-state index in [0.29, 0.717) is 16.3 Å². The summed E-state index contributed by atoms with van der Waals surface area (Å²) in [5.41, 5.74) is 2.92. The molecule has 0 fully saturated rings. The fourth-order valence-electron chi connectivity index (χ4n) is 2.12. The van der Waals surface area contributed by atoms with Gasteiger partial charge in [0.05, 0.1) is 11.4 Å². The molecule has 0 spiro atoms. The summed E-state index contributed by atoms with van der Waals surface area (Å²) >= 11 is 6.23. The van der Waals surface area contributed by atoms with Gasteiger partial charge in [-0.15, -0.1) is 11.3 Å². The minimum Gasteiger partial charge on any atom is -0.455 e. The zero-order valence-electron chi connectivity index (χ0n) is 13.0. The topological polar surface area (TPSA) is 64.1 Å². The fourth-order valence-corrected chi connectivity index (χ4v) is 4.05. The molecule has 8 heteroatoms. The zero-order valence-corrected chi connectivity index (χ0v) is 16.2. The summed E-state index contributed by atoms with van der Waals surface area (Å²) in [7, 11) is 1.76. The van der Waals surface area contributed by atoms with Crippen LogP contribution in [0.3, 0.4) is 0 Å². The van der Waals surface area contributed by atoms with Crippen molar-refractivity contribution in [1.29, 1.82) is 0 Å². The van der Waals surface area contributed by atoms with Crippen molar-refractivity contribution in [2.45, 2.75) is 13.5 Å². The van der Waals surface area contributed by atoms with Gasteiger partial charge in [0.15, 0.2) is 0 Å². The average Bonchev–Trinajstić information content (AvgIpc) is 3.19.